The monoisotopic (exact) mass is 433 g/mol. The van der Waals surface area contributed by atoms with Gasteiger partial charge in [0.1, 0.15) is 24.3 Å². The molecule has 1 fully saturated rings. The third kappa shape index (κ3) is 3.97. The quantitative estimate of drug-likeness (QED) is 0.615. The van der Waals surface area contributed by atoms with Crippen LogP contribution in [0.3, 0.4) is 0 Å². The fourth-order valence-electron chi connectivity index (χ4n) is 4.37. The van der Waals surface area contributed by atoms with Crippen molar-refractivity contribution in [1.82, 2.24) is 4.90 Å². The van der Waals surface area contributed by atoms with Crippen molar-refractivity contribution in [1.29, 1.82) is 0 Å². The molecule has 0 bridgehead atoms. The van der Waals surface area contributed by atoms with E-state index in [1.807, 2.05) is 54.9 Å². The molecular formula is C25H26ClN4O+. The van der Waals surface area contributed by atoms with Crippen molar-refractivity contribution in [3.05, 3.63) is 89.5 Å². The Hall–Kier alpha value is -2.73. The minimum Gasteiger partial charge on any atom is -0.489 e. The van der Waals surface area contributed by atoms with Crippen molar-refractivity contribution in [3.8, 4) is 5.75 Å². The van der Waals surface area contributed by atoms with Gasteiger partial charge in [0.25, 0.3) is 5.84 Å². The average molecular weight is 434 g/mol. The number of benzene rings is 2. The first-order chi connectivity index (χ1) is 15.1. The molecule has 3 aliphatic heterocycles. The van der Waals surface area contributed by atoms with E-state index in [2.05, 4.69) is 29.1 Å². The zero-order chi connectivity index (χ0) is 21.3. The minimum absolute atomic E-state index is 0.0350. The summed E-state index contributed by atoms with van der Waals surface area (Å²) in [5.41, 5.74) is 4.13. The van der Waals surface area contributed by atoms with Gasteiger partial charge < -0.3 is 9.64 Å². The fourth-order valence-corrected chi connectivity index (χ4v) is 4.69. The van der Waals surface area contributed by atoms with Gasteiger partial charge in [-0.3, -0.25) is 4.99 Å². The lowest BCUT2D eigenvalue weighted by Crippen LogP contribution is -2.38. The molecule has 31 heavy (non-hydrogen) atoms. The van der Waals surface area contributed by atoms with Crippen LogP contribution in [0.5, 0.6) is 5.75 Å². The Morgan fingerprint density at radius 2 is 1.90 bits per heavy atom. The summed E-state index contributed by atoms with van der Waals surface area (Å²) < 4.78 is 6.08. The predicted molar refractivity (Wildman–Crippen MR) is 125 cm³/mol. The van der Waals surface area contributed by atoms with Crippen LogP contribution >= 0.6 is 11.8 Å². The van der Waals surface area contributed by atoms with Crippen molar-refractivity contribution in [2.24, 2.45) is 15.9 Å². The number of fused-ring (bicyclic) bond motifs is 1. The van der Waals surface area contributed by atoms with E-state index >= 15 is 0 Å². The van der Waals surface area contributed by atoms with Crippen LogP contribution in [0.4, 0.5) is 0 Å². The van der Waals surface area contributed by atoms with E-state index in [1.165, 1.54) is 0 Å². The van der Waals surface area contributed by atoms with Crippen LogP contribution in [-0.2, 0) is 6.61 Å². The molecular weight excluding hydrogens is 408 g/mol. The Morgan fingerprint density at radius 1 is 1.10 bits per heavy atom. The molecule has 2 aromatic carbocycles. The van der Waals surface area contributed by atoms with E-state index < -0.39 is 0 Å². The highest BCUT2D eigenvalue weighted by atomic mass is 35.5. The Balaban J connectivity index is 1.44. The van der Waals surface area contributed by atoms with Gasteiger partial charge in [0.15, 0.2) is 11.8 Å². The molecule has 6 heteroatoms. The number of hydrogen-bond acceptors (Lipinski definition) is 4. The van der Waals surface area contributed by atoms with Crippen molar-refractivity contribution in [2.45, 2.75) is 19.4 Å². The van der Waals surface area contributed by atoms with Crippen LogP contribution < -0.4 is 4.74 Å². The molecule has 0 N–H and O–H groups in total. The Morgan fingerprint density at radius 3 is 2.71 bits per heavy atom. The molecule has 1 unspecified atom stereocenters. The molecule has 0 saturated carbocycles. The van der Waals surface area contributed by atoms with Crippen molar-refractivity contribution in [3.63, 3.8) is 0 Å². The highest BCUT2D eigenvalue weighted by molar-refractivity contribution is 6.20. The van der Waals surface area contributed by atoms with Crippen molar-refractivity contribution >= 4 is 23.8 Å². The van der Waals surface area contributed by atoms with Gasteiger partial charge in [-0.25, -0.2) is 0 Å². The first-order valence-corrected chi connectivity index (χ1v) is 11.1. The molecule has 3 aliphatic rings. The molecule has 0 spiro atoms. The summed E-state index contributed by atoms with van der Waals surface area (Å²) in [6.45, 7) is 2.67. The van der Waals surface area contributed by atoms with Crippen molar-refractivity contribution < 1.29 is 8.74 Å². The minimum atomic E-state index is 0.0350. The van der Waals surface area contributed by atoms with E-state index in [9.17, 15) is 0 Å². The van der Waals surface area contributed by atoms with Gasteiger partial charge in [0.2, 0.25) is 5.70 Å². The third-order valence-electron chi connectivity index (χ3n) is 6.15. The van der Waals surface area contributed by atoms with Gasteiger partial charge in [0.05, 0.1) is 18.0 Å². The van der Waals surface area contributed by atoms with E-state index in [1.54, 1.807) is 6.20 Å². The van der Waals surface area contributed by atoms with Gasteiger partial charge in [-0.15, -0.1) is 4.00 Å². The fraction of sp³-hybridized carbons (Fsp3) is 0.280. The molecule has 1 saturated heterocycles. The summed E-state index contributed by atoms with van der Waals surface area (Å²) in [4.78, 5) is 11.8. The van der Waals surface area contributed by atoms with Crippen LogP contribution in [0.2, 0.25) is 0 Å². The largest absolute Gasteiger partial charge is 0.489 e. The van der Waals surface area contributed by atoms with E-state index in [0.29, 0.717) is 12.5 Å². The SMILES string of the molecule is CN1CCC(C2=C3C=NC=C[N+]3(Cl)C(c3cccc(OCc4ccccc4)c3)=N2)CC1. The second-order valence-corrected chi connectivity index (χ2v) is 8.83. The first kappa shape index (κ1) is 20.2. The van der Waals surface area contributed by atoms with Gasteiger partial charge in [0, 0.05) is 5.92 Å². The summed E-state index contributed by atoms with van der Waals surface area (Å²) in [5, 5.41) is 0. The topological polar surface area (TPSA) is 37.2 Å². The molecule has 3 heterocycles. The van der Waals surface area contributed by atoms with Crippen molar-refractivity contribution in [2.75, 3.05) is 20.1 Å². The number of aliphatic imine (C=N–C) groups is 2. The smallest absolute Gasteiger partial charge is 0.263 e. The number of halogens is 1. The molecule has 0 amide bonds. The first-order valence-electron chi connectivity index (χ1n) is 10.7. The lowest BCUT2D eigenvalue weighted by Gasteiger charge is -2.29. The summed E-state index contributed by atoms with van der Waals surface area (Å²) in [6.07, 6.45) is 7.68. The molecule has 1 atom stereocenters. The van der Waals surface area contributed by atoms with Crippen LogP contribution in [0.15, 0.2) is 88.4 Å². The number of hydrogen-bond donors (Lipinski definition) is 0. The van der Waals surface area contributed by atoms with Crippen LogP contribution in [0.1, 0.15) is 24.0 Å². The number of amidine groups is 1. The number of piperidine rings is 1. The number of ether oxygens (including phenoxy) is 1. The van der Waals surface area contributed by atoms with E-state index in [4.69, 9.17) is 21.5 Å². The zero-order valence-corrected chi connectivity index (χ0v) is 18.4. The van der Waals surface area contributed by atoms with Crippen LogP contribution in [-0.4, -0.2) is 41.1 Å². The van der Waals surface area contributed by atoms with Crippen LogP contribution in [0.25, 0.3) is 0 Å². The van der Waals surface area contributed by atoms with Gasteiger partial charge in [-0.05, 0) is 56.7 Å². The van der Waals surface area contributed by atoms with E-state index in [-0.39, 0.29) is 4.00 Å². The number of likely N-dealkylation sites (tertiary alicyclic amines) is 1. The molecule has 2 aromatic rings. The predicted octanol–water partition coefficient (Wildman–Crippen LogP) is 5.11. The Bertz CT molecular complexity index is 1080. The molecule has 0 radical (unpaired) electrons. The summed E-state index contributed by atoms with van der Waals surface area (Å²) >= 11 is 7.16. The van der Waals surface area contributed by atoms with Crippen LogP contribution in [0, 0.1) is 5.92 Å². The maximum absolute atomic E-state index is 7.16. The zero-order valence-electron chi connectivity index (χ0n) is 17.6. The summed E-state index contributed by atoms with van der Waals surface area (Å²) in [7, 11) is 2.17. The highest BCUT2D eigenvalue weighted by Gasteiger charge is 2.47. The highest BCUT2D eigenvalue weighted by Crippen LogP contribution is 2.42. The average Bonchev–Trinajstić information content (AvgIpc) is 3.12. The van der Waals surface area contributed by atoms with Gasteiger partial charge >= 0.3 is 0 Å². The van der Waals surface area contributed by atoms with Gasteiger partial charge in [-0.2, -0.15) is 4.99 Å². The molecule has 0 aliphatic carbocycles. The molecule has 5 nitrogen and oxygen atoms in total. The number of quaternary nitrogens is 1. The summed E-state index contributed by atoms with van der Waals surface area (Å²) in [6, 6.07) is 18.2. The maximum Gasteiger partial charge on any atom is 0.263 e. The molecule has 0 aromatic heterocycles. The maximum atomic E-state index is 7.16. The second kappa shape index (κ2) is 8.42. The third-order valence-corrected chi connectivity index (χ3v) is 6.60. The second-order valence-electron chi connectivity index (χ2n) is 8.30. The summed E-state index contributed by atoms with van der Waals surface area (Å²) in [5.74, 6) is 2.00. The molecule has 5 rings (SSSR count). The normalized spacial score (nSPS) is 23.7. The Labute approximate surface area is 188 Å². The number of nitrogens with zero attached hydrogens (tertiary/aromatic N) is 4. The Kier molecular flexibility index (Phi) is 5.48. The lowest BCUT2D eigenvalue weighted by atomic mass is 9.93. The van der Waals surface area contributed by atoms with Gasteiger partial charge in [-0.1, -0.05) is 36.4 Å². The lowest BCUT2D eigenvalue weighted by molar-refractivity contribution is -0.600. The number of allylic oxidation sites excluding steroid dienone is 2. The number of rotatable bonds is 5. The standard InChI is InChI=1S/C25H26ClN4O/c1-29-13-10-20(11-14-29)24-23-17-27-12-15-30(23,26)25(28-24)21-8-5-9-22(16-21)31-18-19-6-3-2-4-7-19/h2-9,12,15-17,20H,10-11,13-14,18H2,1H3/q+1. The van der Waals surface area contributed by atoms with E-state index in [0.717, 1.165) is 60.0 Å². The molecule has 158 valence electrons.